The van der Waals surface area contributed by atoms with Crippen LogP contribution in [0.3, 0.4) is 0 Å². The van der Waals surface area contributed by atoms with Gasteiger partial charge in [0.15, 0.2) is 5.65 Å². The van der Waals surface area contributed by atoms with Gasteiger partial charge in [-0.3, -0.25) is 4.79 Å². The third-order valence-corrected chi connectivity index (χ3v) is 5.46. The lowest BCUT2D eigenvalue weighted by Gasteiger charge is -2.12. The van der Waals surface area contributed by atoms with Gasteiger partial charge in [-0.1, -0.05) is 12.1 Å². The summed E-state index contributed by atoms with van der Waals surface area (Å²) in [6, 6.07) is 17.5. The third kappa shape index (κ3) is 4.45. The molecule has 2 aromatic carbocycles. The van der Waals surface area contributed by atoms with Crippen LogP contribution in [0.25, 0.3) is 16.8 Å². The van der Waals surface area contributed by atoms with E-state index in [1.807, 2.05) is 55.6 Å². The molecule has 1 amide bonds. The first-order valence-corrected chi connectivity index (χ1v) is 11.0. The number of hydrogen-bond acceptors (Lipinski definition) is 6. The summed E-state index contributed by atoms with van der Waals surface area (Å²) in [4.78, 5) is 17.2. The van der Waals surface area contributed by atoms with Gasteiger partial charge in [0.2, 0.25) is 5.95 Å². The predicted molar refractivity (Wildman–Crippen MR) is 126 cm³/mol. The SMILES string of the molecule is CCOc1cc(Nc2nc3c(-c4ccc(OC)cc4)cccn3n2)ccc1C(=O)NC1CC1. The Balaban J connectivity index is 1.42. The van der Waals surface area contributed by atoms with Gasteiger partial charge in [0, 0.05) is 29.6 Å². The lowest BCUT2D eigenvalue weighted by Crippen LogP contribution is -2.25. The Hall–Kier alpha value is -4.07. The highest BCUT2D eigenvalue weighted by Crippen LogP contribution is 2.29. The summed E-state index contributed by atoms with van der Waals surface area (Å²) in [5.74, 6) is 1.67. The highest BCUT2D eigenvalue weighted by molar-refractivity contribution is 5.98. The molecule has 8 heteroatoms. The molecule has 0 radical (unpaired) electrons. The first-order valence-electron chi connectivity index (χ1n) is 11.0. The molecule has 8 nitrogen and oxygen atoms in total. The van der Waals surface area contributed by atoms with Crippen molar-refractivity contribution in [3.63, 3.8) is 0 Å². The van der Waals surface area contributed by atoms with E-state index in [0.29, 0.717) is 23.9 Å². The number of ether oxygens (including phenoxy) is 2. The molecule has 168 valence electrons. The molecule has 0 bridgehead atoms. The number of fused-ring (bicyclic) bond motifs is 1. The second-order valence-corrected chi connectivity index (χ2v) is 7.87. The molecular weight excluding hydrogens is 418 g/mol. The maximum atomic E-state index is 12.5. The largest absolute Gasteiger partial charge is 0.497 e. The molecule has 2 N–H and O–H groups in total. The van der Waals surface area contributed by atoms with Crippen molar-refractivity contribution in [1.82, 2.24) is 19.9 Å². The van der Waals surface area contributed by atoms with Crippen LogP contribution >= 0.6 is 0 Å². The Morgan fingerprint density at radius 1 is 1.15 bits per heavy atom. The van der Waals surface area contributed by atoms with Crippen molar-refractivity contribution in [3.05, 3.63) is 66.4 Å². The molecule has 0 aliphatic heterocycles. The summed E-state index contributed by atoms with van der Waals surface area (Å²) in [7, 11) is 1.65. The van der Waals surface area contributed by atoms with Crippen LogP contribution in [0.2, 0.25) is 0 Å². The van der Waals surface area contributed by atoms with Crippen LogP contribution in [0.1, 0.15) is 30.1 Å². The minimum atomic E-state index is -0.109. The summed E-state index contributed by atoms with van der Waals surface area (Å²) < 4.78 is 12.7. The van der Waals surface area contributed by atoms with E-state index in [4.69, 9.17) is 14.5 Å². The summed E-state index contributed by atoms with van der Waals surface area (Å²) >= 11 is 0. The smallest absolute Gasteiger partial charge is 0.255 e. The number of pyridine rings is 1. The molecule has 0 unspecified atom stereocenters. The molecule has 4 aromatic rings. The van der Waals surface area contributed by atoms with Crippen molar-refractivity contribution in [1.29, 1.82) is 0 Å². The number of hydrogen-bond donors (Lipinski definition) is 2. The van der Waals surface area contributed by atoms with Crippen molar-refractivity contribution >= 4 is 23.2 Å². The van der Waals surface area contributed by atoms with Crippen LogP contribution in [-0.4, -0.2) is 40.3 Å². The van der Waals surface area contributed by atoms with Crippen LogP contribution in [0, 0.1) is 0 Å². The lowest BCUT2D eigenvalue weighted by atomic mass is 10.1. The van der Waals surface area contributed by atoms with E-state index in [2.05, 4.69) is 15.7 Å². The van der Waals surface area contributed by atoms with Gasteiger partial charge in [-0.15, -0.1) is 5.10 Å². The van der Waals surface area contributed by atoms with Crippen LogP contribution in [0.15, 0.2) is 60.8 Å². The van der Waals surface area contributed by atoms with Gasteiger partial charge < -0.3 is 20.1 Å². The third-order valence-electron chi connectivity index (χ3n) is 5.46. The number of nitrogens with zero attached hydrogens (tertiary/aromatic N) is 3. The van der Waals surface area contributed by atoms with Crippen molar-refractivity contribution in [2.45, 2.75) is 25.8 Å². The molecule has 1 saturated carbocycles. The Morgan fingerprint density at radius 3 is 2.70 bits per heavy atom. The number of nitrogens with one attached hydrogen (secondary N) is 2. The fourth-order valence-corrected chi connectivity index (χ4v) is 3.64. The van der Waals surface area contributed by atoms with E-state index in [-0.39, 0.29) is 11.9 Å². The molecule has 0 spiro atoms. The molecule has 1 fully saturated rings. The molecule has 0 saturated heterocycles. The van der Waals surface area contributed by atoms with Crippen molar-refractivity contribution < 1.29 is 14.3 Å². The van der Waals surface area contributed by atoms with E-state index < -0.39 is 0 Å². The van der Waals surface area contributed by atoms with E-state index in [1.54, 1.807) is 23.8 Å². The van der Waals surface area contributed by atoms with Gasteiger partial charge in [-0.2, -0.15) is 4.98 Å². The van der Waals surface area contributed by atoms with Crippen LogP contribution < -0.4 is 20.1 Å². The number of amides is 1. The number of carbonyl (C=O) groups excluding carboxylic acids is 1. The van der Waals surface area contributed by atoms with Gasteiger partial charge >= 0.3 is 0 Å². The van der Waals surface area contributed by atoms with Gasteiger partial charge in [0.05, 0.1) is 19.3 Å². The zero-order chi connectivity index (χ0) is 22.8. The average molecular weight is 444 g/mol. The molecular formula is C25H25N5O3. The van der Waals surface area contributed by atoms with Gasteiger partial charge in [-0.05, 0) is 61.7 Å². The minimum Gasteiger partial charge on any atom is -0.497 e. The topological polar surface area (TPSA) is 89.8 Å². The summed E-state index contributed by atoms with van der Waals surface area (Å²) in [6.45, 7) is 2.36. The van der Waals surface area contributed by atoms with Gasteiger partial charge in [-0.25, -0.2) is 4.52 Å². The Morgan fingerprint density at radius 2 is 1.97 bits per heavy atom. The second kappa shape index (κ2) is 8.82. The van der Waals surface area contributed by atoms with E-state index in [1.165, 1.54) is 0 Å². The Bertz CT molecular complexity index is 1300. The maximum Gasteiger partial charge on any atom is 0.255 e. The molecule has 1 aliphatic rings. The van der Waals surface area contributed by atoms with E-state index >= 15 is 0 Å². The zero-order valence-electron chi connectivity index (χ0n) is 18.5. The number of methoxy groups -OCH3 is 1. The molecule has 0 atom stereocenters. The second-order valence-electron chi connectivity index (χ2n) is 7.87. The van der Waals surface area contributed by atoms with Gasteiger partial charge in [0.25, 0.3) is 5.91 Å². The summed E-state index contributed by atoms with van der Waals surface area (Å²) in [5.41, 5.74) is 3.98. The monoisotopic (exact) mass is 443 g/mol. The van der Waals surface area contributed by atoms with Crippen LogP contribution in [-0.2, 0) is 0 Å². The molecule has 2 heterocycles. The standard InChI is InChI=1S/C25H25N5O3/c1-3-33-22-15-18(10-13-21(22)24(31)26-17-8-9-17)27-25-28-23-20(5-4-14-30(23)29-25)16-6-11-19(32-2)12-7-16/h4-7,10-15,17H,3,8-9H2,1-2H3,(H,26,31)(H,27,29). The number of anilines is 2. The normalized spacial score (nSPS) is 13.0. The van der Waals surface area contributed by atoms with Crippen molar-refractivity contribution in [2.75, 3.05) is 19.0 Å². The van der Waals surface area contributed by atoms with Crippen LogP contribution in [0.5, 0.6) is 11.5 Å². The Kier molecular flexibility index (Phi) is 5.56. The number of carbonyl (C=O) groups is 1. The lowest BCUT2D eigenvalue weighted by molar-refractivity contribution is 0.0947. The van der Waals surface area contributed by atoms with Crippen molar-refractivity contribution in [3.8, 4) is 22.6 Å². The quantitative estimate of drug-likeness (QED) is 0.419. The molecule has 2 aromatic heterocycles. The molecule has 1 aliphatic carbocycles. The molecule has 5 rings (SSSR count). The van der Waals surface area contributed by atoms with Crippen molar-refractivity contribution in [2.24, 2.45) is 0 Å². The fraction of sp³-hybridized carbons (Fsp3) is 0.240. The maximum absolute atomic E-state index is 12.5. The predicted octanol–water partition coefficient (Wildman–Crippen LogP) is 4.44. The number of aromatic nitrogens is 3. The number of rotatable bonds is 8. The summed E-state index contributed by atoms with van der Waals surface area (Å²) in [5, 5.41) is 10.8. The summed E-state index contributed by atoms with van der Waals surface area (Å²) in [6.07, 6.45) is 3.93. The first kappa shape index (κ1) is 20.8. The first-order chi connectivity index (χ1) is 16.1. The van der Waals surface area contributed by atoms with E-state index in [0.717, 1.165) is 41.1 Å². The number of benzene rings is 2. The highest BCUT2D eigenvalue weighted by Gasteiger charge is 2.25. The van der Waals surface area contributed by atoms with E-state index in [9.17, 15) is 4.79 Å². The fourth-order valence-electron chi connectivity index (χ4n) is 3.64. The highest BCUT2D eigenvalue weighted by atomic mass is 16.5. The Labute approximate surface area is 191 Å². The van der Waals surface area contributed by atoms with Gasteiger partial charge in [0.1, 0.15) is 11.5 Å². The minimum absolute atomic E-state index is 0.109. The van der Waals surface area contributed by atoms with Crippen LogP contribution in [0.4, 0.5) is 11.6 Å². The average Bonchev–Trinajstić information content (AvgIpc) is 3.55. The molecule has 33 heavy (non-hydrogen) atoms. The zero-order valence-corrected chi connectivity index (χ0v) is 18.5.